The minimum Gasteiger partial charge on any atom is -0.444 e. The summed E-state index contributed by atoms with van der Waals surface area (Å²) in [5, 5.41) is 7.55. The molecule has 0 heterocycles. The summed E-state index contributed by atoms with van der Waals surface area (Å²) in [5.41, 5.74) is 6.67. The maximum atomic E-state index is 14.5. The quantitative estimate of drug-likeness (QED) is 0.271. The number of fused-ring (bicyclic) bond motifs is 1. The molecule has 9 heteroatoms. The van der Waals surface area contributed by atoms with Gasteiger partial charge >= 0.3 is 6.09 Å². The third kappa shape index (κ3) is 8.34. The highest BCUT2D eigenvalue weighted by Gasteiger charge is 2.44. The summed E-state index contributed by atoms with van der Waals surface area (Å²) in [5.74, 6) is -1.84. The van der Waals surface area contributed by atoms with Crippen LogP contribution in [0.1, 0.15) is 77.1 Å². The van der Waals surface area contributed by atoms with Gasteiger partial charge in [-0.05, 0) is 94.5 Å². The highest BCUT2D eigenvalue weighted by Crippen LogP contribution is 2.36. The first kappa shape index (κ1) is 33.1. The van der Waals surface area contributed by atoms with E-state index < -0.39 is 53.5 Å². The minimum atomic E-state index is -1.36. The van der Waals surface area contributed by atoms with E-state index in [4.69, 9.17) is 10.5 Å². The third-order valence-corrected chi connectivity index (χ3v) is 7.49. The molecule has 0 bridgehead atoms. The van der Waals surface area contributed by atoms with Crippen molar-refractivity contribution in [2.45, 2.75) is 91.5 Å². The standard InChI is InChI=1S/C34H44N4O5/c1-9-34(7,8)38(31(41)26(20-27(35)39)37-32(42)43-33(4,5)6)29(28-21(2)13-12-14-22(28)3)30(40)36-25-18-17-23-15-10-11-16-24(23)19-25/h10-19,26,29H,9,20H2,1-8H3,(H2,35,39)(H,36,40)(H,37,42). The van der Waals surface area contributed by atoms with Crippen LogP contribution in [-0.2, 0) is 19.1 Å². The van der Waals surface area contributed by atoms with Gasteiger partial charge in [0.15, 0.2) is 0 Å². The number of carbonyl (C=O) groups is 4. The highest BCUT2D eigenvalue weighted by molar-refractivity contribution is 6.01. The second-order valence-corrected chi connectivity index (χ2v) is 12.5. The van der Waals surface area contributed by atoms with E-state index in [1.807, 2.05) is 95.3 Å². The van der Waals surface area contributed by atoms with Crippen LogP contribution >= 0.6 is 0 Å². The number of hydrogen-bond acceptors (Lipinski definition) is 5. The molecule has 0 fully saturated rings. The third-order valence-electron chi connectivity index (χ3n) is 7.49. The summed E-state index contributed by atoms with van der Waals surface area (Å²) in [6.45, 7) is 14.5. The molecule has 0 spiro atoms. The molecule has 0 saturated carbocycles. The van der Waals surface area contributed by atoms with E-state index in [0.29, 0.717) is 17.7 Å². The lowest BCUT2D eigenvalue weighted by Crippen LogP contribution is -2.59. The van der Waals surface area contributed by atoms with Gasteiger partial charge in [0.05, 0.1) is 6.42 Å². The van der Waals surface area contributed by atoms with E-state index in [1.54, 1.807) is 20.8 Å². The Balaban J connectivity index is 2.17. The Kier molecular flexibility index (Phi) is 10.2. The summed E-state index contributed by atoms with van der Waals surface area (Å²) >= 11 is 0. The molecule has 2 atom stereocenters. The number of aryl methyl sites for hydroxylation is 2. The normalized spacial score (nSPS) is 13.1. The molecule has 3 aromatic carbocycles. The molecular formula is C34H44N4O5. The fourth-order valence-corrected chi connectivity index (χ4v) is 5.08. The zero-order chi connectivity index (χ0) is 32.1. The Morgan fingerprint density at radius 2 is 1.49 bits per heavy atom. The van der Waals surface area contributed by atoms with Crippen LogP contribution in [0.15, 0.2) is 60.7 Å². The number of nitrogens with two attached hydrogens (primary N) is 1. The number of alkyl carbamates (subject to hydrolysis) is 1. The molecular weight excluding hydrogens is 544 g/mol. The molecule has 3 aromatic rings. The Hall–Kier alpha value is -4.40. The molecule has 230 valence electrons. The lowest BCUT2D eigenvalue weighted by Gasteiger charge is -2.45. The van der Waals surface area contributed by atoms with Gasteiger partial charge in [0.2, 0.25) is 11.8 Å². The van der Waals surface area contributed by atoms with Gasteiger partial charge in [-0.15, -0.1) is 0 Å². The number of amides is 4. The minimum absolute atomic E-state index is 0.433. The van der Waals surface area contributed by atoms with Crippen molar-refractivity contribution in [3.63, 3.8) is 0 Å². The van der Waals surface area contributed by atoms with Gasteiger partial charge in [0, 0.05) is 11.2 Å². The number of benzene rings is 3. The number of nitrogens with zero attached hydrogens (tertiary/aromatic N) is 1. The van der Waals surface area contributed by atoms with Crippen molar-refractivity contribution in [2.24, 2.45) is 5.73 Å². The van der Waals surface area contributed by atoms with Crippen LogP contribution in [-0.4, -0.2) is 45.9 Å². The van der Waals surface area contributed by atoms with Gasteiger partial charge in [-0.2, -0.15) is 0 Å². The number of primary amides is 1. The summed E-state index contributed by atoms with van der Waals surface area (Å²) in [4.78, 5) is 55.3. The smallest absolute Gasteiger partial charge is 0.408 e. The van der Waals surface area contributed by atoms with Gasteiger partial charge in [0.25, 0.3) is 5.91 Å². The largest absolute Gasteiger partial charge is 0.444 e. The van der Waals surface area contributed by atoms with Crippen LogP contribution < -0.4 is 16.4 Å². The van der Waals surface area contributed by atoms with Crippen LogP contribution in [0.3, 0.4) is 0 Å². The van der Waals surface area contributed by atoms with Crippen molar-refractivity contribution in [3.8, 4) is 0 Å². The molecule has 4 amide bonds. The first-order chi connectivity index (χ1) is 20.0. The van der Waals surface area contributed by atoms with Crippen LogP contribution in [0.5, 0.6) is 0 Å². The molecule has 2 unspecified atom stereocenters. The number of ether oxygens (including phenoxy) is 1. The molecule has 0 aromatic heterocycles. The van der Waals surface area contributed by atoms with Crippen LogP contribution in [0.4, 0.5) is 10.5 Å². The lowest BCUT2D eigenvalue weighted by atomic mass is 9.88. The zero-order valence-electron chi connectivity index (χ0n) is 26.4. The fourth-order valence-electron chi connectivity index (χ4n) is 5.08. The average molecular weight is 589 g/mol. The van der Waals surface area contributed by atoms with E-state index in [1.165, 1.54) is 4.90 Å². The van der Waals surface area contributed by atoms with Crippen LogP contribution in [0.25, 0.3) is 10.8 Å². The van der Waals surface area contributed by atoms with Crippen LogP contribution in [0.2, 0.25) is 0 Å². The molecule has 0 aliphatic rings. The summed E-state index contributed by atoms with van der Waals surface area (Å²) < 4.78 is 5.38. The van der Waals surface area contributed by atoms with Gasteiger partial charge < -0.3 is 26.0 Å². The molecule has 4 N–H and O–H groups in total. The number of rotatable bonds is 10. The van der Waals surface area contributed by atoms with E-state index in [2.05, 4.69) is 10.6 Å². The van der Waals surface area contributed by atoms with Gasteiger partial charge in [0.1, 0.15) is 17.7 Å². The topological polar surface area (TPSA) is 131 Å². The Morgan fingerprint density at radius 1 is 0.884 bits per heavy atom. The SMILES string of the molecule is CCC(C)(C)N(C(=O)C(CC(N)=O)NC(=O)OC(C)(C)C)C(C(=O)Nc1ccc2ccccc2c1)c1c(C)cccc1C. The zero-order valence-corrected chi connectivity index (χ0v) is 26.4. The molecule has 0 saturated heterocycles. The number of carbonyl (C=O) groups excluding carboxylic acids is 4. The second kappa shape index (κ2) is 13.3. The van der Waals surface area contributed by atoms with Crippen molar-refractivity contribution in [2.75, 3.05) is 5.32 Å². The van der Waals surface area contributed by atoms with E-state index in [-0.39, 0.29) is 0 Å². The van der Waals surface area contributed by atoms with Crippen LogP contribution in [0, 0.1) is 13.8 Å². The van der Waals surface area contributed by atoms with Crippen molar-refractivity contribution < 1.29 is 23.9 Å². The van der Waals surface area contributed by atoms with Gasteiger partial charge in [-0.25, -0.2) is 4.79 Å². The van der Waals surface area contributed by atoms with Gasteiger partial charge in [-0.3, -0.25) is 14.4 Å². The molecule has 43 heavy (non-hydrogen) atoms. The van der Waals surface area contributed by atoms with Crippen molar-refractivity contribution in [1.29, 1.82) is 0 Å². The average Bonchev–Trinajstić information content (AvgIpc) is 2.90. The number of hydrogen-bond donors (Lipinski definition) is 3. The predicted molar refractivity (Wildman–Crippen MR) is 169 cm³/mol. The molecule has 3 rings (SSSR count). The monoisotopic (exact) mass is 588 g/mol. The fraction of sp³-hybridized carbons (Fsp3) is 0.412. The van der Waals surface area contributed by atoms with Crippen molar-refractivity contribution >= 4 is 40.3 Å². The van der Waals surface area contributed by atoms with E-state index in [0.717, 1.165) is 21.9 Å². The Bertz CT molecular complexity index is 1490. The first-order valence-electron chi connectivity index (χ1n) is 14.5. The molecule has 9 nitrogen and oxygen atoms in total. The Morgan fingerprint density at radius 3 is 2.05 bits per heavy atom. The first-order valence-corrected chi connectivity index (χ1v) is 14.5. The number of nitrogens with one attached hydrogen (secondary N) is 2. The van der Waals surface area contributed by atoms with E-state index in [9.17, 15) is 19.2 Å². The lowest BCUT2D eigenvalue weighted by molar-refractivity contribution is -0.148. The summed E-state index contributed by atoms with van der Waals surface area (Å²) in [6, 6.07) is 16.6. The van der Waals surface area contributed by atoms with Crippen molar-refractivity contribution in [1.82, 2.24) is 10.2 Å². The summed E-state index contributed by atoms with van der Waals surface area (Å²) in [7, 11) is 0. The molecule has 0 aliphatic heterocycles. The number of anilines is 1. The van der Waals surface area contributed by atoms with E-state index >= 15 is 0 Å². The second-order valence-electron chi connectivity index (χ2n) is 12.5. The predicted octanol–water partition coefficient (Wildman–Crippen LogP) is 5.92. The van der Waals surface area contributed by atoms with Gasteiger partial charge in [-0.1, -0.05) is 55.5 Å². The van der Waals surface area contributed by atoms with Crippen molar-refractivity contribution in [3.05, 3.63) is 77.4 Å². The maximum absolute atomic E-state index is 14.5. The highest BCUT2D eigenvalue weighted by atomic mass is 16.6. The maximum Gasteiger partial charge on any atom is 0.408 e. The summed E-state index contributed by atoms with van der Waals surface area (Å²) in [6.07, 6.45) is -0.871. The molecule has 0 aliphatic carbocycles. The molecule has 0 radical (unpaired) electrons. The Labute approximate surface area is 254 Å².